The molecule has 30 heavy (non-hydrogen) atoms. The molecular weight excluding hydrogens is 392 g/mol. The molecule has 3 N–H and O–H groups in total. The molecule has 2 aromatic heterocycles. The van der Waals surface area contributed by atoms with Crippen LogP contribution in [-0.2, 0) is 6.42 Å². The van der Waals surface area contributed by atoms with Crippen molar-refractivity contribution < 1.29 is 14.6 Å². The lowest BCUT2D eigenvalue weighted by Gasteiger charge is -2.33. The molecule has 0 radical (unpaired) electrons. The molecule has 3 aromatic rings. The number of aromatic nitrogens is 1. The summed E-state index contributed by atoms with van der Waals surface area (Å²) < 4.78 is 0. The maximum Gasteiger partial charge on any atom is 0.256 e. The van der Waals surface area contributed by atoms with Crippen LogP contribution in [0.1, 0.15) is 39.3 Å². The number of anilines is 1. The fraction of sp³-hybridized carbons (Fsp3) is 0.333. The van der Waals surface area contributed by atoms with Crippen molar-refractivity contribution >= 4 is 22.2 Å². The second kappa shape index (κ2) is 9.51. The van der Waals surface area contributed by atoms with Crippen molar-refractivity contribution in [3.8, 4) is 0 Å². The van der Waals surface area contributed by atoms with Gasteiger partial charge in [-0.2, -0.15) is 0 Å². The monoisotopic (exact) mass is 422 g/mol. The molecule has 1 saturated heterocycles. The predicted octanol–water partition coefficient (Wildman–Crippen LogP) is 1.46. The van der Waals surface area contributed by atoms with E-state index in [0.717, 1.165) is 37.6 Å². The first-order chi connectivity index (χ1) is 14.7. The average molecular weight is 423 g/mol. The number of carbonyl (C=O) groups excluding carboxylic acids is 1. The number of hydrogen-bond acceptors (Lipinski definition) is 3. The minimum absolute atomic E-state index is 0.0485. The number of pyridine rings is 1. The van der Waals surface area contributed by atoms with Crippen molar-refractivity contribution in [2.45, 2.75) is 19.4 Å². The first-order valence-electron chi connectivity index (χ1n) is 10.7. The molecule has 5 nitrogen and oxygen atoms in total. The molecule has 3 heterocycles. The highest BCUT2D eigenvalue weighted by Crippen LogP contribution is 2.35. The zero-order chi connectivity index (χ0) is 20.9. The molecule has 1 aliphatic rings. The number of piperazine rings is 1. The Kier molecular flexibility index (Phi) is 6.57. The second-order valence-corrected chi connectivity index (χ2v) is 9.14. The Morgan fingerprint density at radius 1 is 1.10 bits per heavy atom. The number of nitrogens with zero attached hydrogens (tertiary/aromatic N) is 1. The third kappa shape index (κ3) is 4.61. The van der Waals surface area contributed by atoms with Crippen LogP contribution in [0.15, 0.2) is 60.9 Å². The molecule has 0 bridgehead atoms. The zero-order valence-electron chi connectivity index (χ0n) is 17.7. The summed E-state index contributed by atoms with van der Waals surface area (Å²) >= 11 is 1.70. The van der Waals surface area contributed by atoms with E-state index >= 15 is 0 Å². The smallest absolute Gasteiger partial charge is 0.256 e. The number of benzene rings is 1. The fourth-order valence-electron chi connectivity index (χ4n) is 4.19. The summed E-state index contributed by atoms with van der Waals surface area (Å²) in [6.07, 6.45) is 4.71. The van der Waals surface area contributed by atoms with E-state index in [2.05, 4.69) is 42.5 Å². The molecule has 1 aromatic carbocycles. The Bertz CT molecular complexity index is 965. The van der Waals surface area contributed by atoms with Crippen molar-refractivity contribution in [1.29, 1.82) is 0 Å². The molecule has 6 heteroatoms. The van der Waals surface area contributed by atoms with Crippen molar-refractivity contribution in [3.05, 3.63) is 82.5 Å². The highest BCUT2D eigenvalue weighted by atomic mass is 32.1. The van der Waals surface area contributed by atoms with Crippen molar-refractivity contribution in [2.24, 2.45) is 0 Å². The topological polar surface area (TPSA) is 50.9 Å². The van der Waals surface area contributed by atoms with Gasteiger partial charge in [0.25, 0.3) is 5.91 Å². The Hall–Kier alpha value is -2.54. The van der Waals surface area contributed by atoms with Gasteiger partial charge in [0.1, 0.15) is 37.2 Å². The Morgan fingerprint density at radius 2 is 1.80 bits per heavy atom. The molecule has 0 unspecified atom stereocenters. The number of nitrogens with one attached hydrogen (secondary N) is 3. The highest BCUT2D eigenvalue weighted by Gasteiger charge is 2.33. The standard InChI is InChI=1S/C24H28N4OS/c1-3-20-17-21(24(30-20)26-23(29)19-7-5-4-6-8-19)22(18-9-11-25-12-10-18)28-15-13-27(2)14-16-28/h4-12,17,22H,3,13-16H2,1-2H3,(H,26,29)/p+2/t22-/m1/s1. The summed E-state index contributed by atoms with van der Waals surface area (Å²) in [5.41, 5.74) is 3.17. The zero-order valence-corrected chi connectivity index (χ0v) is 18.5. The van der Waals surface area contributed by atoms with Crippen LogP contribution in [0, 0.1) is 0 Å². The number of carbonyl (C=O) groups is 1. The van der Waals surface area contributed by atoms with Gasteiger partial charge < -0.3 is 15.1 Å². The number of hydrogen-bond donors (Lipinski definition) is 3. The first-order valence-corrected chi connectivity index (χ1v) is 11.5. The molecule has 1 amide bonds. The molecule has 156 valence electrons. The first kappa shape index (κ1) is 20.7. The summed E-state index contributed by atoms with van der Waals surface area (Å²) in [4.78, 5) is 21.6. The number of rotatable bonds is 6. The summed E-state index contributed by atoms with van der Waals surface area (Å²) in [7, 11) is 2.27. The number of quaternary nitrogens is 2. The maximum absolute atomic E-state index is 12.9. The van der Waals surface area contributed by atoms with Gasteiger partial charge in [0.2, 0.25) is 0 Å². The van der Waals surface area contributed by atoms with E-state index in [1.807, 2.05) is 42.7 Å². The largest absolute Gasteiger partial charge is 0.328 e. The van der Waals surface area contributed by atoms with Gasteiger partial charge in [-0.05, 0) is 36.8 Å². The summed E-state index contributed by atoms with van der Waals surface area (Å²) in [5.74, 6) is -0.0485. The molecule has 0 spiro atoms. The van der Waals surface area contributed by atoms with E-state index in [-0.39, 0.29) is 11.9 Å². The average Bonchev–Trinajstić information content (AvgIpc) is 3.19. The summed E-state index contributed by atoms with van der Waals surface area (Å²) in [6, 6.07) is 16.2. The Labute approximate surface area is 182 Å². The number of likely N-dealkylation sites (N-methyl/N-ethyl adjacent to an activating group) is 1. The van der Waals surface area contributed by atoms with Crippen LogP contribution >= 0.6 is 11.3 Å². The van der Waals surface area contributed by atoms with Crippen LogP contribution in [0.2, 0.25) is 0 Å². The lowest BCUT2D eigenvalue weighted by Crippen LogP contribution is -3.27. The van der Waals surface area contributed by atoms with Crippen molar-refractivity contribution in [3.63, 3.8) is 0 Å². The number of thiophene rings is 1. The van der Waals surface area contributed by atoms with Gasteiger partial charge in [-0.15, -0.1) is 11.3 Å². The minimum Gasteiger partial charge on any atom is -0.328 e. The quantitative estimate of drug-likeness (QED) is 0.563. The van der Waals surface area contributed by atoms with Crippen LogP contribution in [-0.4, -0.2) is 44.1 Å². The molecule has 1 atom stereocenters. The molecule has 1 aliphatic heterocycles. The molecule has 1 fully saturated rings. The van der Waals surface area contributed by atoms with Crippen molar-refractivity contribution in [2.75, 3.05) is 38.5 Å². The summed E-state index contributed by atoms with van der Waals surface area (Å²) in [5, 5.41) is 4.20. The molecule has 4 rings (SSSR count). The normalized spacial score (nSPS) is 19.9. The minimum atomic E-state index is -0.0485. The Balaban J connectivity index is 1.71. The van der Waals surface area contributed by atoms with E-state index in [4.69, 9.17) is 0 Å². The molecule has 0 saturated carbocycles. The fourth-order valence-corrected chi connectivity index (χ4v) is 5.22. The van der Waals surface area contributed by atoms with E-state index in [1.165, 1.54) is 16.0 Å². The van der Waals surface area contributed by atoms with Gasteiger partial charge in [0, 0.05) is 34.0 Å². The van der Waals surface area contributed by atoms with Crippen LogP contribution in [0.3, 0.4) is 0 Å². The third-order valence-corrected chi connectivity index (χ3v) is 7.14. The van der Waals surface area contributed by atoms with Crippen LogP contribution < -0.4 is 15.1 Å². The highest BCUT2D eigenvalue weighted by molar-refractivity contribution is 7.16. The van der Waals surface area contributed by atoms with E-state index in [9.17, 15) is 4.79 Å². The van der Waals surface area contributed by atoms with E-state index in [0.29, 0.717) is 5.56 Å². The Morgan fingerprint density at radius 3 is 2.47 bits per heavy atom. The lowest BCUT2D eigenvalue weighted by atomic mass is 9.98. The maximum atomic E-state index is 12.9. The van der Waals surface area contributed by atoms with Gasteiger partial charge in [-0.1, -0.05) is 25.1 Å². The van der Waals surface area contributed by atoms with Gasteiger partial charge >= 0.3 is 0 Å². The van der Waals surface area contributed by atoms with Gasteiger partial charge in [0.05, 0.1) is 7.05 Å². The molecular formula is C24H30N4OS+2. The van der Waals surface area contributed by atoms with Crippen molar-refractivity contribution in [1.82, 2.24) is 4.98 Å². The lowest BCUT2D eigenvalue weighted by molar-refractivity contribution is -1.02. The number of amides is 1. The van der Waals surface area contributed by atoms with Crippen LogP contribution in [0.4, 0.5) is 5.00 Å². The van der Waals surface area contributed by atoms with Gasteiger partial charge in [-0.3, -0.25) is 9.78 Å². The van der Waals surface area contributed by atoms with E-state index < -0.39 is 0 Å². The second-order valence-electron chi connectivity index (χ2n) is 8.00. The number of aryl methyl sites for hydroxylation is 1. The molecule has 0 aliphatic carbocycles. The van der Waals surface area contributed by atoms with Gasteiger partial charge in [0.15, 0.2) is 0 Å². The third-order valence-electron chi connectivity index (χ3n) is 5.93. The van der Waals surface area contributed by atoms with E-state index in [1.54, 1.807) is 21.1 Å². The SMILES string of the molecule is CCc1cc([C@@H](c2ccncc2)[NH+]2CC[NH+](C)CC2)c(NC(=O)c2ccccc2)s1. The predicted molar refractivity (Wildman–Crippen MR) is 121 cm³/mol. The summed E-state index contributed by atoms with van der Waals surface area (Å²) in [6.45, 7) is 6.72. The van der Waals surface area contributed by atoms with Gasteiger partial charge in [-0.25, -0.2) is 0 Å². The van der Waals surface area contributed by atoms with Crippen LogP contribution in [0.25, 0.3) is 0 Å². The van der Waals surface area contributed by atoms with Crippen LogP contribution in [0.5, 0.6) is 0 Å².